The third kappa shape index (κ3) is 3.48. The minimum atomic E-state index is -4.78. The Morgan fingerprint density at radius 1 is 0.892 bits per heavy atom. The van der Waals surface area contributed by atoms with E-state index in [4.69, 9.17) is 11.6 Å². The third-order valence-electron chi connectivity index (χ3n) is 7.13. The number of hydrogen-bond donors (Lipinski definition) is 0. The Labute approximate surface area is 213 Å². The highest BCUT2D eigenvalue weighted by Gasteiger charge is 2.65. The molecule has 0 bridgehead atoms. The van der Waals surface area contributed by atoms with Gasteiger partial charge in [-0.3, -0.25) is 19.4 Å². The Morgan fingerprint density at radius 2 is 1.57 bits per heavy atom. The normalized spacial score (nSPS) is 24.2. The van der Waals surface area contributed by atoms with Gasteiger partial charge < -0.3 is 0 Å². The first-order valence-corrected chi connectivity index (χ1v) is 11.8. The molecule has 3 aliphatic heterocycles. The monoisotopic (exact) mass is 523 g/mol. The fourth-order valence-electron chi connectivity index (χ4n) is 5.57. The van der Waals surface area contributed by atoms with Gasteiger partial charge in [-0.25, -0.2) is 4.90 Å². The number of fused-ring (bicyclic) bond motifs is 5. The Balaban J connectivity index is 1.49. The summed E-state index contributed by atoms with van der Waals surface area (Å²) < 4.78 is 40.6. The van der Waals surface area contributed by atoms with Crippen LogP contribution in [-0.4, -0.2) is 34.9 Å². The molecule has 0 aromatic heterocycles. The van der Waals surface area contributed by atoms with Crippen LogP contribution in [0.5, 0.6) is 0 Å². The van der Waals surface area contributed by atoms with Crippen molar-refractivity contribution < 1.29 is 27.6 Å². The summed E-state index contributed by atoms with van der Waals surface area (Å²) in [5, 5.41) is 5.42. The number of Topliss-reactive ketones (excluding diaryl/α,β-unsaturated/α-hetero) is 1. The Kier molecular flexibility index (Phi) is 5.24. The summed E-state index contributed by atoms with van der Waals surface area (Å²) in [6.07, 6.45) is -3.20. The lowest BCUT2D eigenvalue weighted by atomic mass is 9.83. The minimum absolute atomic E-state index is 0.244. The first-order chi connectivity index (χ1) is 17.7. The van der Waals surface area contributed by atoms with Crippen LogP contribution in [0, 0.1) is 11.8 Å². The maximum atomic E-state index is 13.8. The number of benzene rings is 3. The molecule has 0 saturated carbocycles. The van der Waals surface area contributed by atoms with Gasteiger partial charge in [0, 0.05) is 5.56 Å². The number of hydrogen-bond acceptors (Lipinski definition) is 5. The van der Waals surface area contributed by atoms with E-state index >= 15 is 0 Å². The topological polar surface area (TPSA) is 70.0 Å². The first-order valence-electron chi connectivity index (χ1n) is 11.4. The van der Waals surface area contributed by atoms with Crippen LogP contribution in [0.4, 0.5) is 18.9 Å². The highest BCUT2D eigenvalue weighted by molar-refractivity contribution is 6.32. The van der Waals surface area contributed by atoms with Gasteiger partial charge in [-0.2, -0.15) is 18.3 Å². The van der Waals surface area contributed by atoms with Gasteiger partial charge in [-0.15, -0.1) is 0 Å². The number of amides is 2. The van der Waals surface area contributed by atoms with Crippen molar-refractivity contribution in [2.45, 2.75) is 18.3 Å². The average Bonchev–Trinajstić information content (AvgIpc) is 3.36. The number of ketones is 1. The number of nitrogens with zero attached hydrogens (tertiary/aromatic N) is 3. The molecule has 37 heavy (non-hydrogen) atoms. The first kappa shape index (κ1) is 23.4. The molecule has 4 atom stereocenters. The van der Waals surface area contributed by atoms with Gasteiger partial charge >= 0.3 is 6.18 Å². The molecule has 3 aliphatic rings. The molecule has 6 nitrogen and oxygen atoms in total. The second-order valence-corrected chi connectivity index (χ2v) is 9.51. The quantitative estimate of drug-likeness (QED) is 0.353. The Morgan fingerprint density at radius 3 is 2.30 bits per heavy atom. The van der Waals surface area contributed by atoms with E-state index in [-0.39, 0.29) is 5.69 Å². The largest absolute Gasteiger partial charge is 0.417 e. The van der Waals surface area contributed by atoms with Crippen molar-refractivity contribution in [3.63, 3.8) is 0 Å². The fraction of sp³-hybridized carbons (Fsp3) is 0.185. The van der Waals surface area contributed by atoms with Crippen LogP contribution < -0.4 is 4.90 Å². The van der Waals surface area contributed by atoms with Gasteiger partial charge in [0.15, 0.2) is 5.78 Å². The molecule has 0 unspecified atom stereocenters. The lowest BCUT2D eigenvalue weighted by molar-refractivity contribution is -0.137. The molecule has 186 valence electrons. The number of anilines is 1. The molecule has 0 spiro atoms. The van der Waals surface area contributed by atoms with Gasteiger partial charge in [-0.05, 0) is 29.3 Å². The van der Waals surface area contributed by atoms with Gasteiger partial charge in [0.2, 0.25) is 11.8 Å². The van der Waals surface area contributed by atoms with Crippen molar-refractivity contribution in [2.75, 3.05) is 4.90 Å². The van der Waals surface area contributed by atoms with Crippen LogP contribution in [0.25, 0.3) is 0 Å². The molecular formula is C27H17ClF3N3O3. The van der Waals surface area contributed by atoms with E-state index in [0.29, 0.717) is 17.2 Å². The average molecular weight is 524 g/mol. The summed E-state index contributed by atoms with van der Waals surface area (Å²) in [6.45, 7) is 0. The summed E-state index contributed by atoms with van der Waals surface area (Å²) in [7, 11) is 0. The van der Waals surface area contributed by atoms with E-state index in [9.17, 15) is 27.6 Å². The second kappa shape index (κ2) is 8.27. The van der Waals surface area contributed by atoms with Crippen LogP contribution >= 0.6 is 11.6 Å². The smallest absolute Gasteiger partial charge is 0.292 e. The predicted octanol–water partition coefficient (Wildman–Crippen LogP) is 5.12. The molecule has 3 aromatic carbocycles. The van der Waals surface area contributed by atoms with E-state index in [2.05, 4.69) is 5.10 Å². The number of hydrazone groups is 1. The van der Waals surface area contributed by atoms with Crippen molar-refractivity contribution in [2.24, 2.45) is 16.9 Å². The summed E-state index contributed by atoms with van der Waals surface area (Å²) in [5.74, 6) is -3.99. The number of rotatable bonds is 3. The van der Waals surface area contributed by atoms with Gasteiger partial charge in [0.25, 0.3) is 0 Å². The Hall–Kier alpha value is -3.98. The van der Waals surface area contributed by atoms with Gasteiger partial charge in [-0.1, -0.05) is 66.2 Å². The number of carbonyl (C=O) groups excluding carboxylic acids is 3. The van der Waals surface area contributed by atoms with Crippen molar-refractivity contribution in [3.8, 4) is 0 Å². The van der Waals surface area contributed by atoms with Crippen LogP contribution in [0.3, 0.4) is 0 Å². The zero-order valence-corrected chi connectivity index (χ0v) is 19.6. The van der Waals surface area contributed by atoms with Crippen molar-refractivity contribution in [3.05, 3.63) is 100 Å². The second-order valence-electron chi connectivity index (χ2n) is 9.10. The van der Waals surface area contributed by atoms with E-state index in [1.807, 2.05) is 6.07 Å². The van der Waals surface area contributed by atoms with Gasteiger partial charge in [0.1, 0.15) is 6.04 Å². The number of carbonyl (C=O) groups is 3. The number of halogens is 4. The standard InChI is InChI=1S/C27H17ClF3N3O3/c28-19-11-10-16(12-18(19)27(29,30)31)33-25(36)20-21(26(33)37)23(24(35)14-6-2-1-3-7-14)34-22(20)17-9-5-4-8-15(17)13-32-34/h1-13,20-23H/t20-,21+,22+,23-/m1/s1. The summed E-state index contributed by atoms with van der Waals surface area (Å²) >= 11 is 5.76. The molecule has 3 heterocycles. The molecule has 2 saturated heterocycles. The van der Waals surface area contributed by atoms with Crippen LogP contribution in [0.15, 0.2) is 77.9 Å². The number of alkyl halides is 3. The SMILES string of the molecule is O=C(c1ccccc1)[C@H]1[C@H]2C(=O)N(c3ccc(Cl)c(C(F)(F)F)c3)C(=O)[C@H]2[C@@H]2c3ccccc3C=NN12. The lowest BCUT2D eigenvalue weighted by Crippen LogP contribution is -2.44. The van der Waals surface area contributed by atoms with E-state index < -0.39 is 58.3 Å². The van der Waals surface area contributed by atoms with Crippen LogP contribution in [-0.2, 0) is 15.8 Å². The number of imide groups is 1. The zero-order chi connectivity index (χ0) is 26.1. The molecule has 3 aromatic rings. The maximum absolute atomic E-state index is 13.8. The predicted molar refractivity (Wildman–Crippen MR) is 129 cm³/mol. The summed E-state index contributed by atoms with van der Waals surface area (Å²) in [5.41, 5.74) is 0.387. The van der Waals surface area contributed by atoms with Gasteiger partial charge in [0.05, 0.1) is 40.4 Å². The van der Waals surface area contributed by atoms with E-state index in [1.54, 1.807) is 54.7 Å². The molecular weight excluding hydrogens is 507 g/mol. The Bertz CT molecular complexity index is 1490. The highest BCUT2D eigenvalue weighted by atomic mass is 35.5. The molecule has 0 radical (unpaired) electrons. The molecule has 10 heteroatoms. The van der Waals surface area contributed by atoms with E-state index in [0.717, 1.165) is 16.5 Å². The molecule has 2 amide bonds. The lowest BCUT2D eigenvalue weighted by Gasteiger charge is -2.33. The van der Waals surface area contributed by atoms with Crippen LogP contribution in [0.1, 0.15) is 33.1 Å². The highest BCUT2D eigenvalue weighted by Crippen LogP contribution is 2.53. The summed E-state index contributed by atoms with van der Waals surface area (Å²) in [6, 6.07) is 16.6. The zero-order valence-electron chi connectivity index (χ0n) is 18.9. The maximum Gasteiger partial charge on any atom is 0.417 e. The molecule has 0 aliphatic carbocycles. The van der Waals surface area contributed by atoms with Crippen molar-refractivity contribution in [1.29, 1.82) is 0 Å². The molecule has 0 N–H and O–H groups in total. The third-order valence-corrected chi connectivity index (χ3v) is 7.46. The molecule has 2 fully saturated rings. The fourth-order valence-corrected chi connectivity index (χ4v) is 5.79. The minimum Gasteiger partial charge on any atom is -0.292 e. The van der Waals surface area contributed by atoms with Crippen molar-refractivity contribution in [1.82, 2.24) is 5.01 Å². The summed E-state index contributed by atoms with van der Waals surface area (Å²) in [4.78, 5) is 42.1. The van der Waals surface area contributed by atoms with Crippen LogP contribution in [0.2, 0.25) is 5.02 Å². The van der Waals surface area contributed by atoms with Crippen molar-refractivity contribution >= 4 is 41.1 Å². The molecule has 6 rings (SSSR count). The van der Waals surface area contributed by atoms with E-state index in [1.165, 1.54) is 11.1 Å².